The molecule has 0 bridgehead atoms. The summed E-state index contributed by atoms with van der Waals surface area (Å²) in [6.07, 6.45) is 0. The highest BCUT2D eigenvalue weighted by molar-refractivity contribution is 6.61. The van der Waals surface area contributed by atoms with Gasteiger partial charge in [-0.3, -0.25) is 0 Å². The van der Waals surface area contributed by atoms with Crippen LogP contribution >= 0.6 is 0 Å². The summed E-state index contributed by atoms with van der Waals surface area (Å²) in [5, 5.41) is 0. The van der Waals surface area contributed by atoms with E-state index in [1.165, 1.54) is 16.7 Å². The fourth-order valence-corrected chi connectivity index (χ4v) is 1.99. The summed E-state index contributed by atoms with van der Waals surface area (Å²) in [6.45, 7) is 5.18. The van der Waals surface area contributed by atoms with Gasteiger partial charge in [-0.05, 0) is 50.1 Å². The highest BCUT2D eigenvalue weighted by Gasteiger charge is 2.23. The third-order valence-electron chi connectivity index (χ3n) is 3.06. The molecule has 4 heteroatoms. The van der Waals surface area contributed by atoms with Gasteiger partial charge in [-0.15, -0.1) is 0 Å². The first-order valence-electron chi connectivity index (χ1n) is 5.80. The third kappa shape index (κ3) is 3.31. The van der Waals surface area contributed by atoms with Crippen LogP contribution in [-0.2, 0) is 15.9 Å². The van der Waals surface area contributed by atoms with Crippen molar-refractivity contribution in [2.24, 2.45) is 0 Å². The largest absolute Gasteiger partial charge is 0.493 e. The van der Waals surface area contributed by atoms with Crippen LogP contribution in [0.1, 0.15) is 16.7 Å². The van der Waals surface area contributed by atoms with Crippen LogP contribution in [0.2, 0.25) is 0 Å². The number of hydrogen-bond acceptors (Lipinski definition) is 3. The van der Waals surface area contributed by atoms with Crippen LogP contribution in [0.4, 0.5) is 0 Å². The van der Waals surface area contributed by atoms with Crippen LogP contribution in [0.15, 0.2) is 12.1 Å². The molecule has 0 aliphatic heterocycles. The molecule has 0 saturated heterocycles. The summed E-state index contributed by atoms with van der Waals surface area (Å²) in [6, 6.07) is 4.22. The molecule has 0 aliphatic rings. The quantitative estimate of drug-likeness (QED) is 0.719. The molecule has 1 rings (SSSR count). The van der Waals surface area contributed by atoms with E-state index in [2.05, 4.69) is 45.0 Å². The molecule has 0 aromatic heterocycles. The van der Waals surface area contributed by atoms with Crippen molar-refractivity contribution in [2.45, 2.75) is 20.4 Å². The Morgan fingerprint density at radius 3 is 2.18 bits per heavy atom. The van der Waals surface area contributed by atoms with E-state index in [1.807, 2.05) is 0 Å². The maximum absolute atomic E-state index is 5.36. The summed E-state index contributed by atoms with van der Waals surface area (Å²) >= 11 is 0. The molecule has 17 heavy (non-hydrogen) atoms. The average molecular weight is 235 g/mol. The van der Waals surface area contributed by atoms with Crippen LogP contribution in [0.3, 0.4) is 0 Å². The maximum atomic E-state index is 5.36. The normalized spacial score (nSPS) is 11.0. The molecule has 0 atom stereocenters. The Morgan fingerprint density at radius 1 is 1.12 bits per heavy atom. The summed E-state index contributed by atoms with van der Waals surface area (Å²) in [5.41, 5.74) is 5.03. The van der Waals surface area contributed by atoms with E-state index in [-0.39, 0.29) is 7.12 Å². The molecule has 3 nitrogen and oxygen atoms in total. The van der Waals surface area contributed by atoms with E-state index in [0.29, 0.717) is 0 Å². The van der Waals surface area contributed by atoms with Gasteiger partial charge in [0.2, 0.25) is 0 Å². The molecule has 0 heterocycles. The molecule has 0 radical (unpaired) electrons. The van der Waals surface area contributed by atoms with Gasteiger partial charge in [0, 0.05) is 20.8 Å². The van der Waals surface area contributed by atoms with E-state index >= 15 is 0 Å². The first-order valence-corrected chi connectivity index (χ1v) is 5.80. The minimum Gasteiger partial charge on any atom is -0.410 e. The van der Waals surface area contributed by atoms with Crippen molar-refractivity contribution in [3.05, 3.63) is 28.8 Å². The second kappa shape index (κ2) is 6.19. The van der Waals surface area contributed by atoms with Crippen LogP contribution in [0.25, 0.3) is 0 Å². The molecule has 0 N–H and O–H groups in total. The summed E-state index contributed by atoms with van der Waals surface area (Å²) in [5.74, 6) is 0. The van der Waals surface area contributed by atoms with Gasteiger partial charge in [0.25, 0.3) is 0 Å². The summed E-state index contributed by atoms with van der Waals surface area (Å²) < 4.78 is 10.7. The molecule has 1 aromatic rings. The molecule has 1 aromatic carbocycles. The standard InChI is InChI=1S/C13H22BNO2/c1-10-7-8-13(14(16-5)17-6)12(11(10)2)9-15(3)4/h7-8H,9H2,1-6H3. The van der Waals surface area contributed by atoms with Gasteiger partial charge in [0.15, 0.2) is 0 Å². The Kier molecular flexibility index (Phi) is 5.18. The lowest BCUT2D eigenvalue weighted by Gasteiger charge is -2.20. The van der Waals surface area contributed by atoms with Crippen molar-refractivity contribution in [1.29, 1.82) is 0 Å². The summed E-state index contributed by atoms with van der Waals surface area (Å²) in [7, 11) is 7.19. The van der Waals surface area contributed by atoms with Crippen molar-refractivity contribution in [1.82, 2.24) is 4.90 Å². The molecule has 94 valence electrons. The minimum absolute atomic E-state index is 0.288. The summed E-state index contributed by atoms with van der Waals surface area (Å²) in [4.78, 5) is 2.16. The number of benzene rings is 1. The van der Waals surface area contributed by atoms with Crippen LogP contribution in [-0.4, -0.2) is 40.3 Å². The highest BCUT2D eigenvalue weighted by atomic mass is 16.6. The van der Waals surface area contributed by atoms with Gasteiger partial charge in [0.05, 0.1) is 0 Å². The Morgan fingerprint density at radius 2 is 1.71 bits per heavy atom. The predicted octanol–water partition coefficient (Wildman–Crippen LogP) is 1.35. The third-order valence-corrected chi connectivity index (χ3v) is 3.06. The fraction of sp³-hybridized carbons (Fsp3) is 0.538. The van der Waals surface area contributed by atoms with Crippen molar-refractivity contribution in [3.8, 4) is 0 Å². The van der Waals surface area contributed by atoms with Gasteiger partial charge < -0.3 is 14.2 Å². The molecule has 0 amide bonds. The first-order chi connectivity index (χ1) is 8.01. The van der Waals surface area contributed by atoms with Gasteiger partial charge >= 0.3 is 7.12 Å². The van der Waals surface area contributed by atoms with Crippen LogP contribution in [0.5, 0.6) is 0 Å². The Hall–Kier alpha value is -0.835. The van der Waals surface area contributed by atoms with Crippen molar-refractivity contribution in [3.63, 3.8) is 0 Å². The number of aryl methyl sites for hydroxylation is 1. The Balaban J connectivity index is 3.23. The maximum Gasteiger partial charge on any atom is 0.493 e. The van der Waals surface area contributed by atoms with E-state index in [4.69, 9.17) is 9.31 Å². The molecule has 0 fully saturated rings. The smallest absolute Gasteiger partial charge is 0.410 e. The van der Waals surface area contributed by atoms with Crippen molar-refractivity contribution in [2.75, 3.05) is 28.3 Å². The van der Waals surface area contributed by atoms with E-state index in [0.717, 1.165) is 12.0 Å². The lowest BCUT2D eigenvalue weighted by Crippen LogP contribution is -2.39. The highest BCUT2D eigenvalue weighted by Crippen LogP contribution is 2.13. The predicted molar refractivity (Wildman–Crippen MR) is 72.7 cm³/mol. The van der Waals surface area contributed by atoms with Gasteiger partial charge in [0.1, 0.15) is 0 Å². The molecule has 0 aliphatic carbocycles. The Labute approximate surface area is 105 Å². The van der Waals surface area contributed by atoms with Gasteiger partial charge in [-0.1, -0.05) is 12.1 Å². The number of hydrogen-bond donors (Lipinski definition) is 0. The first kappa shape index (κ1) is 14.2. The SMILES string of the molecule is COB(OC)c1ccc(C)c(C)c1CN(C)C. The van der Waals surface area contributed by atoms with E-state index in [1.54, 1.807) is 14.2 Å². The average Bonchev–Trinajstić information content (AvgIpc) is 2.28. The lowest BCUT2D eigenvalue weighted by atomic mass is 9.74. The zero-order valence-electron chi connectivity index (χ0n) is 11.7. The minimum atomic E-state index is -0.288. The topological polar surface area (TPSA) is 21.7 Å². The number of rotatable bonds is 5. The monoisotopic (exact) mass is 235 g/mol. The van der Waals surface area contributed by atoms with E-state index < -0.39 is 0 Å². The van der Waals surface area contributed by atoms with Gasteiger partial charge in [-0.2, -0.15) is 0 Å². The second-order valence-corrected chi connectivity index (χ2v) is 4.62. The van der Waals surface area contributed by atoms with E-state index in [9.17, 15) is 0 Å². The lowest BCUT2D eigenvalue weighted by molar-refractivity contribution is 0.291. The Bertz CT molecular complexity index is 376. The fourth-order valence-electron chi connectivity index (χ4n) is 1.99. The van der Waals surface area contributed by atoms with Crippen LogP contribution < -0.4 is 5.46 Å². The van der Waals surface area contributed by atoms with Crippen molar-refractivity contribution >= 4 is 12.6 Å². The number of nitrogens with zero attached hydrogens (tertiary/aromatic N) is 1. The second-order valence-electron chi connectivity index (χ2n) is 4.62. The van der Waals surface area contributed by atoms with Gasteiger partial charge in [-0.25, -0.2) is 0 Å². The zero-order chi connectivity index (χ0) is 13.0. The zero-order valence-corrected chi connectivity index (χ0v) is 11.7. The molecule has 0 unspecified atom stereocenters. The molecule has 0 saturated carbocycles. The van der Waals surface area contributed by atoms with Crippen molar-refractivity contribution < 1.29 is 9.31 Å². The van der Waals surface area contributed by atoms with Crippen LogP contribution in [0, 0.1) is 13.8 Å². The molecular formula is C13H22BNO2. The molecular weight excluding hydrogens is 213 g/mol. The molecule has 0 spiro atoms.